The minimum Gasteiger partial charge on any atom is -0.476 e. The van der Waals surface area contributed by atoms with E-state index in [2.05, 4.69) is 5.10 Å². The molecule has 1 aromatic heterocycles. The number of piperazine rings is 1. The van der Waals surface area contributed by atoms with Crippen LogP contribution in [0.2, 0.25) is 0 Å². The highest BCUT2D eigenvalue weighted by Gasteiger charge is 2.22. The van der Waals surface area contributed by atoms with Crippen LogP contribution in [0.4, 0.5) is 0 Å². The lowest BCUT2D eigenvalue weighted by Crippen LogP contribution is -2.49. The van der Waals surface area contributed by atoms with Crippen LogP contribution in [0, 0.1) is 0 Å². The summed E-state index contributed by atoms with van der Waals surface area (Å²) in [6, 6.07) is 6.27. The second-order valence-electron chi connectivity index (χ2n) is 5.68. The Bertz CT molecular complexity index is 899. The zero-order chi connectivity index (χ0) is 18.0. The molecular formula is C16H16N4O5. The van der Waals surface area contributed by atoms with Gasteiger partial charge in [-0.25, -0.2) is 9.48 Å². The van der Waals surface area contributed by atoms with Gasteiger partial charge in [0.05, 0.1) is 5.39 Å². The molecule has 1 N–H and O–H groups in total. The molecule has 9 nitrogen and oxygen atoms in total. The minimum absolute atomic E-state index is 0.202. The summed E-state index contributed by atoms with van der Waals surface area (Å²) in [4.78, 5) is 50.1. The average molecular weight is 344 g/mol. The van der Waals surface area contributed by atoms with E-state index in [9.17, 15) is 24.3 Å². The molecule has 3 rings (SSSR count). The normalized spacial score (nSPS) is 14.6. The Morgan fingerprint density at radius 1 is 1.12 bits per heavy atom. The van der Waals surface area contributed by atoms with Gasteiger partial charge in [0.1, 0.15) is 6.54 Å². The third-order valence-electron chi connectivity index (χ3n) is 4.17. The first-order chi connectivity index (χ1) is 12.0. The van der Waals surface area contributed by atoms with E-state index in [-0.39, 0.29) is 28.9 Å². The Morgan fingerprint density at radius 3 is 2.36 bits per heavy atom. The first-order valence-electron chi connectivity index (χ1n) is 7.71. The lowest BCUT2D eigenvalue weighted by Gasteiger charge is -2.32. The van der Waals surface area contributed by atoms with E-state index < -0.39 is 11.5 Å². The summed E-state index contributed by atoms with van der Waals surface area (Å²) in [5, 5.41) is 13.6. The van der Waals surface area contributed by atoms with Crippen molar-refractivity contribution in [3.05, 3.63) is 40.3 Å². The Morgan fingerprint density at radius 2 is 1.76 bits per heavy atom. The van der Waals surface area contributed by atoms with E-state index in [0.717, 1.165) is 11.1 Å². The number of hydrogen-bond donors (Lipinski definition) is 1. The third kappa shape index (κ3) is 3.21. The van der Waals surface area contributed by atoms with Gasteiger partial charge in [-0.3, -0.25) is 14.4 Å². The van der Waals surface area contributed by atoms with E-state index in [4.69, 9.17) is 0 Å². The SMILES string of the molecule is O=CN1CCN(C(=O)Cn2nc(C(=O)O)c3ccccc3c2=O)CC1. The summed E-state index contributed by atoms with van der Waals surface area (Å²) in [5.74, 6) is -1.61. The van der Waals surface area contributed by atoms with Crippen molar-refractivity contribution in [3.63, 3.8) is 0 Å². The molecule has 1 aromatic carbocycles. The molecule has 1 aliphatic rings. The van der Waals surface area contributed by atoms with Gasteiger partial charge in [0.15, 0.2) is 5.69 Å². The van der Waals surface area contributed by atoms with Crippen molar-refractivity contribution in [3.8, 4) is 0 Å². The van der Waals surface area contributed by atoms with Gasteiger partial charge in [0.25, 0.3) is 5.56 Å². The summed E-state index contributed by atoms with van der Waals surface area (Å²) in [6.07, 6.45) is 0.732. The summed E-state index contributed by atoms with van der Waals surface area (Å²) < 4.78 is 0.889. The van der Waals surface area contributed by atoms with Crippen LogP contribution in [0.3, 0.4) is 0 Å². The van der Waals surface area contributed by atoms with E-state index >= 15 is 0 Å². The molecule has 2 heterocycles. The summed E-state index contributed by atoms with van der Waals surface area (Å²) in [7, 11) is 0. The maximum absolute atomic E-state index is 12.5. The predicted molar refractivity (Wildman–Crippen MR) is 87.2 cm³/mol. The average Bonchev–Trinajstić information content (AvgIpc) is 2.63. The van der Waals surface area contributed by atoms with Gasteiger partial charge in [0.2, 0.25) is 12.3 Å². The maximum atomic E-state index is 12.5. The monoisotopic (exact) mass is 344 g/mol. The van der Waals surface area contributed by atoms with Crippen LogP contribution in [-0.2, 0) is 16.1 Å². The Balaban J connectivity index is 1.90. The van der Waals surface area contributed by atoms with Gasteiger partial charge in [-0.2, -0.15) is 5.10 Å². The van der Waals surface area contributed by atoms with Crippen LogP contribution in [0.15, 0.2) is 29.1 Å². The van der Waals surface area contributed by atoms with Crippen LogP contribution in [0.25, 0.3) is 10.8 Å². The van der Waals surface area contributed by atoms with E-state index in [0.29, 0.717) is 26.2 Å². The number of carboxylic acids is 1. The lowest BCUT2D eigenvalue weighted by atomic mass is 10.1. The number of benzene rings is 1. The van der Waals surface area contributed by atoms with Gasteiger partial charge in [-0.15, -0.1) is 0 Å². The molecule has 1 saturated heterocycles. The first-order valence-corrected chi connectivity index (χ1v) is 7.71. The van der Waals surface area contributed by atoms with Crippen LogP contribution < -0.4 is 5.56 Å². The predicted octanol–water partition coefficient (Wildman–Crippen LogP) is -0.605. The number of aromatic carboxylic acids is 1. The molecular weight excluding hydrogens is 328 g/mol. The van der Waals surface area contributed by atoms with Crippen LogP contribution in [-0.4, -0.2) is 69.2 Å². The molecule has 2 aromatic rings. The maximum Gasteiger partial charge on any atom is 0.357 e. The summed E-state index contributed by atoms with van der Waals surface area (Å²) >= 11 is 0. The molecule has 0 spiro atoms. The third-order valence-corrected chi connectivity index (χ3v) is 4.17. The molecule has 130 valence electrons. The Labute approximate surface area is 142 Å². The van der Waals surface area contributed by atoms with Crippen molar-refractivity contribution in [2.24, 2.45) is 0 Å². The highest BCUT2D eigenvalue weighted by Crippen LogP contribution is 2.13. The second kappa shape index (κ2) is 6.71. The largest absolute Gasteiger partial charge is 0.476 e. The quantitative estimate of drug-likeness (QED) is 0.741. The molecule has 2 amide bonds. The fourth-order valence-electron chi connectivity index (χ4n) is 2.81. The Kier molecular flexibility index (Phi) is 4.46. The molecule has 0 bridgehead atoms. The van der Waals surface area contributed by atoms with Crippen molar-refractivity contribution >= 4 is 29.1 Å². The van der Waals surface area contributed by atoms with Crippen molar-refractivity contribution in [2.75, 3.05) is 26.2 Å². The molecule has 1 aliphatic heterocycles. The van der Waals surface area contributed by atoms with E-state index in [1.807, 2.05) is 0 Å². The van der Waals surface area contributed by atoms with Crippen molar-refractivity contribution < 1.29 is 19.5 Å². The molecule has 0 atom stereocenters. The number of nitrogens with zero attached hydrogens (tertiary/aromatic N) is 4. The smallest absolute Gasteiger partial charge is 0.357 e. The molecule has 0 unspecified atom stereocenters. The summed E-state index contributed by atoms with van der Waals surface area (Å²) in [5.41, 5.74) is -0.783. The first kappa shape index (κ1) is 16.6. The standard InChI is InChI=1S/C16H16N4O5/c21-10-18-5-7-19(8-6-18)13(22)9-20-15(23)12-4-2-1-3-11(12)14(17-20)16(24)25/h1-4,10H,5-9H2,(H,24,25). The number of hydrogen-bond acceptors (Lipinski definition) is 5. The van der Waals surface area contributed by atoms with Crippen molar-refractivity contribution in [2.45, 2.75) is 6.54 Å². The molecule has 0 aliphatic carbocycles. The number of amides is 2. The van der Waals surface area contributed by atoms with Crippen molar-refractivity contribution in [1.82, 2.24) is 19.6 Å². The molecule has 0 saturated carbocycles. The molecule has 9 heteroatoms. The molecule has 0 radical (unpaired) electrons. The zero-order valence-corrected chi connectivity index (χ0v) is 13.3. The fraction of sp³-hybridized carbons (Fsp3) is 0.312. The number of carbonyl (C=O) groups excluding carboxylic acids is 2. The Hall–Kier alpha value is -3.23. The topological polar surface area (TPSA) is 113 Å². The van der Waals surface area contributed by atoms with Crippen molar-refractivity contribution in [1.29, 1.82) is 0 Å². The van der Waals surface area contributed by atoms with Gasteiger partial charge in [-0.1, -0.05) is 18.2 Å². The van der Waals surface area contributed by atoms with E-state index in [1.165, 1.54) is 17.0 Å². The van der Waals surface area contributed by atoms with Crippen LogP contribution in [0.1, 0.15) is 10.5 Å². The molecule has 25 heavy (non-hydrogen) atoms. The number of rotatable bonds is 4. The van der Waals surface area contributed by atoms with Crippen LogP contribution in [0.5, 0.6) is 0 Å². The fourth-order valence-corrected chi connectivity index (χ4v) is 2.81. The number of carbonyl (C=O) groups is 3. The summed E-state index contributed by atoms with van der Waals surface area (Å²) in [6.45, 7) is 1.24. The zero-order valence-electron chi connectivity index (χ0n) is 13.3. The van der Waals surface area contributed by atoms with Gasteiger partial charge in [-0.05, 0) is 6.07 Å². The lowest BCUT2D eigenvalue weighted by molar-refractivity contribution is -0.135. The number of fused-ring (bicyclic) bond motifs is 1. The van der Waals surface area contributed by atoms with Gasteiger partial charge in [0, 0.05) is 31.6 Å². The van der Waals surface area contributed by atoms with Crippen LogP contribution >= 0.6 is 0 Å². The second-order valence-corrected chi connectivity index (χ2v) is 5.68. The van der Waals surface area contributed by atoms with E-state index in [1.54, 1.807) is 17.0 Å². The highest BCUT2D eigenvalue weighted by molar-refractivity contribution is 6.01. The van der Waals surface area contributed by atoms with Gasteiger partial charge >= 0.3 is 5.97 Å². The number of aromatic nitrogens is 2. The molecule has 1 fully saturated rings. The van der Waals surface area contributed by atoms with Gasteiger partial charge < -0.3 is 14.9 Å². The minimum atomic E-state index is -1.27. The highest BCUT2D eigenvalue weighted by atomic mass is 16.4. The number of carboxylic acid groups (broad SMARTS) is 1.